The average molecular weight is 533 g/mol. The fourth-order valence-corrected chi connectivity index (χ4v) is 8.88. The van der Waals surface area contributed by atoms with E-state index in [0.29, 0.717) is 10.5 Å². The van der Waals surface area contributed by atoms with Crippen LogP contribution >= 0.6 is 60.5 Å². The van der Waals surface area contributed by atoms with Gasteiger partial charge in [0, 0.05) is 55.9 Å². The lowest BCUT2D eigenvalue weighted by atomic mass is 10.2. The lowest BCUT2D eigenvalue weighted by molar-refractivity contribution is 1.06. The minimum atomic E-state index is 0.597. The number of nitrogens with one attached hydrogen (secondary N) is 2. The maximum atomic E-state index is 4.62. The van der Waals surface area contributed by atoms with Crippen molar-refractivity contribution in [3.8, 4) is 0 Å². The van der Waals surface area contributed by atoms with E-state index in [2.05, 4.69) is 131 Å². The van der Waals surface area contributed by atoms with Crippen molar-refractivity contribution in [2.45, 2.75) is 23.3 Å². The second kappa shape index (κ2) is 13.4. The van der Waals surface area contributed by atoms with Crippen LogP contribution in [0.15, 0.2) is 60.7 Å². The summed E-state index contributed by atoms with van der Waals surface area (Å²) in [5.74, 6) is 6.45. The third-order valence-electron chi connectivity index (χ3n) is 5.64. The molecule has 4 aromatic rings. The summed E-state index contributed by atoms with van der Waals surface area (Å²) in [5, 5.41) is 3.80. The standard InChI is InChI=1S/C26H32N2S5/c29-15-23(32-11-9-21-13-19-5-1-3-7-25(19)27-21)17-31-18-24(16-30)33-12-10-22-14-20-6-2-4-8-26(20)28-22/h1-8,13-14,23-24,27-30H,9-12,15-18H2. The second-order valence-electron chi connectivity index (χ2n) is 8.15. The fourth-order valence-electron chi connectivity index (χ4n) is 3.85. The van der Waals surface area contributed by atoms with Crippen LogP contribution in [0.3, 0.4) is 0 Å². The molecule has 0 radical (unpaired) electrons. The molecule has 2 aromatic heterocycles. The maximum absolute atomic E-state index is 4.62. The van der Waals surface area contributed by atoms with Crippen LogP contribution in [0.4, 0.5) is 0 Å². The topological polar surface area (TPSA) is 31.6 Å². The zero-order valence-electron chi connectivity index (χ0n) is 18.7. The molecule has 0 saturated heterocycles. The van der Waals surface area contributed by atoms with Gasteiger partial charge in [-0.15, -0.1) is 0 Å². The summed E-state index contributed by atoms with van der Waals surface area (Å²) < 4.78 is 0. The number of aromatic nitrogens is 2. The van der Waals surface area contributed by atoms with E-state index < -0.39 is 0 Å². The molecule has 0 amide bonds. The minimum absolute atomic E-state index is 0.597. The summed E-state index contributed by atoms with van der Waals surface area (Å²) in [4.78, 5) is 7.08. The van der Waals surface area contributed by atoms with Gasteiger partial charge in [0.15, 0.2) is 0 Å². The largest absolute Gasteiger partial charge is 0.358 e. The van der Waals surface area contributed by atoms with Gasteiger partial charge in [-0.3, -0.25) is 0 Å². The highest BCUT2D eigenvalue weighted by Crippen LogP contribution is 2.25. The quantitative estimate of drug-likeness (QED) is 0.129. The number of hydrogen-bond donors (Lipinski definition) is 4. The van der Waals surface area contributed by atoms with Crippen LogP contribution in [-0.2, 0) is 12.8 Å². The molecule has 0 bridgehead atoms. The number of H-pyrrole nitrogens is 2. The third-order valence-corrected chi connectivity index (χ3v) is 11.2. The molecule has 0 aliphatic rings. The van der Waals surface area contributed by atoms with Crippen molar-refractivity contribution in [3.05, 3.63) is 72.1 Å². The minimum Gasteiger partial charge on any atom is -0.358 e. The van der Waals surface area contributed by atoms with Crippen LogP contribution in [0.2, 0.25) is 0 Å². The first kappa shape index (κ1) is 25.4. The maximum Gasteiger partial charge on any atom is 0.0456 e. The van der Waals surface area contributed by atoms with Gasteiger partial charge in [0.2, 0.25) is 0 Å². The van der Waals surface area contributed by atoms with Crippen LogP contribution in [0.5, 0.6) is 0 Å². The average Bonchev–Trinajstić information content (AvgIpc) is 3.45. The summed E-state index contributed by atoms with van der Waals surface area (Å²) in [6.45, 7) is 0. The molecular weight excluding hydrogens is 501 g/mol. The summed E-state index contributed by atoms with van der Waals surface area (Å²) in [6, 6.07) is 21.6. The Labute approximate surface area is 221 Å². The van der Waals surface area contributed by atoms with E-state index >= 15 is 0 Å². The van der Waals surface area contributed by atoms with E-state index in [9.17, 15) is 0 Å². The Morgan fingerprint density at radius 1 is 0.667 bits per heavy atom. The van der Waals surface area contributed by atoms with Gasteiger partial charge in [-0.1, -0.05) is 36.4 Å². The van der Waals surface area contributed by atoms with E-state index in [0.717, 1.165) is 47.4 Å². The van der Waals surface area contributed by atoms with Gasteiger partial charge < -0.3 is 9.97 Å². The van der Waals surface area contributed by atoms with E-state index in [1.165, 1.54) is 33.2 Å². The molecule has 2 unspecified atom stereocenters. The zero-order chi connectivity index (χ0) is 22.9. The van der Waals surface area contributed by atoms with Crippen LogP contribution in [-0.4, -0.2) is 55.0 Å². The van der Waals surface area contributed by atoms with Crippen LogP contribution in [0.25, 0.3) is 21.8 Å². The lowest BCUT2D eigenvalue weighted by Crippen LogP contribution is -2.15. The predicted molar refractivity (Wildman–Crippen MR) is 162 cm³/mol. The molecule has 2 nitrogen and oxygen atoms in total. The fraction of sp³-hybridized carbons (Fsp3) is 0.385. The molecule has 7 heteroatoms. The number of aryl methyl sites for hydroxylation is 2. The molecule has 2 heterocycles. The predicted octanol–water partition coefficient (Wildman–Crippen LogP) is 7.23. The van der Waals surface area contributed by atoms with Gasteiger partial charge >= 0.3 is 0 Å². The van der Waals surface area contributed by atoms with Crippen molar-refractivity contribution in [2.24, 2.45) is 0 Å². The Kier molecular flexibility index (Phi) is 10.3. The van der Waals surface area contributed by atoms with Crippen molar-refractivity contribution in [2.75, 3.05) is 34.5 Å². The lowest BCUT2D eigenvalue weighted by Gasteiger charge is -2.17. The molecule has 0 aliphatic heterocycles. The Hall–Kier alpha value is -0.730. The highest BCUT2D eigenvalue weighted by molar-refractivity contribution is 8.05. The number of para-hydroxylation sites is 2. The van der Waals surface area contributed by atoms with Crippen molar-refractivity contribution < 1.29 is 0 Å². The van der Waals surface area contributed by atoms with Crippen LogP contribution in [0, 0.1) is 0 Å². The highest BCUT2D eigenvalue weighted by atomic mass is 32.2. The molecule has 4 rings (SSSR count). The van der Waals surface area contributed by atoms with Gasteiger partial charge in [0.05, 0.1) is 0 Å². The Morgan fingerprint density at radius 3 is 1.55 bits per heavy atom. The molecule has 33 heavy (non-hydrogen) atoms. The first-order chi connectivity index (χ1) is 16.2. The van der Waals surface area contributed by atoms with Gasteiger partial charge in [-0.2, -0.15) is 60.5 Å². The van der Waals surface area contributed by atoms with E-state index in [-0.39, 0.29) is 0 Å². The third kappa shape index (κ3) is 7.63. The molecule has 0 spiro atoms. The van der Waals surface area contributed by atoms with Gasteiger partial charge in [0.1, 0.15) is 0 Å². The molecule has 176 valence electrons. The Balaban J connectivity index is 1.13. The van der Waals surface area contributed by atoms with Gasteiger partial charge in [-0.25, -0.2) is 0 Å². The second-order valence-corrected chi connectivity index (χ2v) is 12.8. The van der Waals surface area contributed by atoms with E-state index in [1.807, 2.05) is 0 Å². The normalized spacial score (nSPS) is 13.6. The SMILES string of the molecule is SCC(CSCC(CS)SCCc1cc2ccccc2[nH]1)SCCc1cc2ccccc2[nH]1. The van der Waals surface area contributed by atoms with Crippen molar-refractivity contribution in [3.63, 3.8) is 0 Å². The van der Waals surface area contributed by atoms with Crippen LogP contribution < -0.4 is 0 Å². The van der Waals surface area contributed by atoms with Crippen LogP contribution in [0.1, 0.15) is 11.4 Å². The first-order valence-electron chi connectivity index (χ1n) is 11.4. The van der Waals surface area contributed by atoms with Crippen molar-refractivity contribution in [1.29, 1.82) is 0 Å². The number of thioether (sulfide) groups is 3. The summed E-state index contributed by atoms with van der Waals surface area (Å²) in [7, 11) is 0. The molecule has 2 N–H and O–H groups in total. The number of fused-ring (bicyclic) bond motifs is 2. The smallest absolute Gasteiger partial charge is 0.0456 e. The van der Waals surface area contributed by atoms with Crippen molar-refractivity contribution >= 4 is 82.3 Å². The molecule has 2 aromatic carbocycles. The van der Waals surface area contributed by atoms with E-state index in [4.69, 9.17) is 0 Å². The van der Waals surface area contributed by atoms with E-state index in [1.54, 1.807) is 0 Å². The number of benzene rings is 2. The molecule has 0 aliphatic carbocycles. The number of hydrogen-bond acceptors (Lipinski definition) is 5. The molecule has 0 saturated carbocycles. The highest BCUT2D eigenvalue weighted by Gasteiger charge is 2.12. The summed E-state index contributed by atoms with van der Waals surface area (Å²) in [5.41, 5.74) is 5.13. The van der Waals surface area contributed by atoms with Gasteiger partial charge in [0.25, 0.3) is 0 Å². The summed E-state index contributed by atoms with van der Waals surface area (Å²) >= 11 is 15.4. The monoisotopic (exact) mass is 532 g/mol. The molecule has 2 atom stereocenters. The number of rotatable bonds is 14. The Bertz CT molecular complexity index is 968. The molecule has 0 fully saturated rings. The van der Waals surface area contributed by atoms with Gasteiger partial charge in [-0.05, 0) is 59.4 Å². The first-order valence-corrected chi connectivity index (χ1v) is 15.9. The summed E-state index contributed by atoms with van der Waals surface area (Å²) in [6.07, 6.45) is 2.16. The number of thiol groups is 2. The van der Waals surface area contributed by atoms with Crippen molar-refractivity contribution in [1.82, 2.24) is 9.97 Å². The Morgan fingerprint density at radius 2 is 1.12 bits per heavy atom. The zero-order valence-corrected chi connectivity index (χ0v) is 22.9. The number of aromatic amines is 2. The molecular formula is C26H32N2S5.